The van der Waals surface area contributed by atoms with Gasteiger partial charge in [0.05, 0.1) is 6.04 Å². The van der Waals surface area contributed by atoms with E-state index in [1.807, 2.05) is 0 Å². The lowest BCUT2D eigenvalue weighted by Gasteiger charge is -2.27. The van der Waals surface area contributed by atoms with Crippen LogP contribution in [0, 0.1) is 0 Å². The van der Waals surface area contributed by atoms with Crippen molar-refractivity contribution in [1.82, 2.24) is 15.5 Å². The summed E-state index contributed by atoms with van der Waals surface area (Å²) in [6.07, 6.45) is 6.12. The topological polar surface area (TPSA) is 44.4 Å². The van der Waals surface area contributed by atoms with Crippen LogP contribution in [0.1, 0.15) is 36.8 Å². The highest BCUT2D eigenvalue weighted by molar-refractivity contribution is 5.85. The monoisotopic (exact) mass is 373 g/mol. The Kier molecular flexibility index (Phi) is 9.06. The van der Waals surface area contributed by atoms with Crippen molar-refractivity contribution in [1.29, 1.82) is 0 Å². The molecule has 1 aromatic carbocycles. The van der Waals surface area contributed by atoms with Gasteiger partial charge < -0.3 is 15.5 Å². The van der Waals surface area contributed by atoms with Crippen LogP contribution in [0.3, 0.4) is 0 Å². The first-order chi connectivity index (χ1) is 10.7. The molecule has 1 amide bonds. The molecule has 0 spiro atoms. The fourth-order valence-corrected chi connectivity index (χ4v) is 3.65. The van der Waals surface area contributed by atoms with Gasteiger partial charge in [-0.15, -0.1) is 24.8 Å². The number of halogens is 2. The molecule has 2 N–H and O–H groups in total. The van der Waals surface area contributed by atoms with Gasteiger partial charge in [0.25, 0.3) is 0 Å². The Morgan fingerprint density at radius 3 is 2.58 bits per heavy atom. The van der Waals surface area contributed by atoms with Gasteiger partial charge in [-0.2, -0.15) is 0 Å². The van der Waals surface area contributed by atoms with Gasteiger partial charge in [-0.1, -0.05) is 37.1 Å². The van der Waals surface area contributed by atoms with Crippen LogP contribution in [-0.4, -0.2) is 43.0 Å². The number of carbonyl (C=O) groups excluding carboxylic acids is 1. The van der Waals surface area contributed by atoms with Gasteiger partial charge in [0.1, 0.15) is 0 Å². The van der Waals surface area contributed by atoms with Crippen molar-refractivity contribution in [2.45, 2.75) is 50.7 Å². The maximum absolute atomic E-state index is 12.3. The molecule has 0 aromatic heterocycles. The lowest BCUT2D eigenvalue weighted by Crippen LogP contribution is -2.49. The van der Waals surface area contributed by atoms with Gasteiger partial charge in [0.15, 0.2) is 0 Å². The summed E-state index contributed by atoms with van der Waals surface area (Å²) in [5, 5.41) is 6.44. The lowest BCUT2D eigenvalue weighted by atomic mass is 9.95. The molecular formula is C18H29Cl2N3O. The molecule has 1 aliphatic heterocycles. The number of likely N-dealkylation sites (N-methyl/N-ethyl adjacent to an activating group) is 1. The number of amides is 1. The van der Waals surface area contributed by atoms with Crippen LogP contribution >= 0.6 is 24.8 Å². The van der Waals surface area contributed by atoms with E-state index in [1.165, 1.54) is 36.8 Å². The van der Waals surface area contributed by atoms with Crippen LogP contribution in [0.15, 0.2) is 24.3 Å². The molecular weight excluding hydrogens is 345 g/mol. The molecule has 1 atom stereocenters. The number of carbonyl (C=O) groups is 1. The Labute approximate surface area is 157 Å². The van der Waals surface area contributed by atoms with Crippen molar-refractivity contribution >= 4 is 30.7 Å². The molecule has 1 unspecified atom stereocenters. The molecule has 24 heavy (non-hydrogen) atoms. The number of hydrogen-bond acceptors (Lipinski definition) is 3. The molecule has 4 nitrogen and oxygen atoms in total. The maximum Gasteiger partial charge on any atom is 0.237 e. The maximum atomic E-state index is 12.3. The van der Waals surface area contributed by atoms with Crippen molar-refractivity contribution in [3.8, 4) is 0 Å². The number of hydrogen-bond donors (Lipinski definition) is 2. The second-order valence-electron chi connectivity index (χ2n) is 6.62. The summed E-state index contributed by atoms with van der Waals surface area (Å²) in [4.78, 5) is 14.7. The second-order valence-corrected chi connectivity index (χ2v) is 6.62. The Balaban J connectivity index is 0.00000144. The van der Waals surface area contributed by atoms with E-state index >= 15 is 0 Å². The third-order valence-corrected chi connectivity index (χ3v) is 5.11. The minimum Gasteiger partial charge on any atom is -0.353 e. The normalized spacial score (nSPS) is 20.0. The van der Waals surface area contributed by atoms with Crippen molar-refractivity contribution in [2.75, 3.05) is 20.1 Å². The van der Waals surface area contributed by atoms with Gasteiger partial charge >= 0.3 is 0 Å². The Morgan fingerprint density at radius 1 is 1.21 bits per heavy atom. The largest absolute Gasteiger partial charge is 0.353 e. The van der Waals surface area contributed by atoms with E-state index in [4.69, 9.17) is 0 Å². The van der Waals surface area contributed by atoms with E-state index in [0.717, 1.165) is 32.1 Å². The highest BCUT2D eigenvalue weighted by atomic mass is 35.5. The van der Waals surface area contributed by atoms with Gasteiger partial charge in [0.2, 0.25) is 5.91 Å². The van der Waals surface area contributed by atoms with E-state index in [0.29, 0.717) is 0 Å². The van der Waals surface area contributed by atoms with Gasteiger partial charge in [0, 0.05) is 25.7 Å². The average molecular weight is 374 g/mol. The highest BCUT2D eigenvalue weighted by Crippen LogP contribution is 2.21. The minimum atomic E-state index is -0.0910. The quantitative estimate of drug-likeness (QED) is 0.833. The first-order valence-electron chi connectivity index (χ1n) is 8.52. The summed E-state index contributed by atoms with van der Waals surface area (Å²) < 4.78 is 0. The van der Waals surface area contributed by atoms with E-state index < -0.39 is 0 Å². The van der Waals surface area contributed by atoms with E-state index in [1.54, 1.807) is 0 Å². The summed E-state index contributed by atoms with van der Waals surface area (Å²) in [7, 11) is 2.18. The van der Waals surface area contributed by atoms with Crippen molar-refractivity contribution in [3.63, 3.8) is 0 Å². The third-order valence-electron chi connectivity index (χ3n) is 5.11. The summed E-state index contributed by atoms with van der Waals surface area (Å²) >= 11 is 0. The molecule has 0 bridgehead atoms. The zero-order valence-corrected chi connectivity index (χ0v) is 15.9. The van der Waals surface area contributed by atoms with Crippen molar-refractivity contribution in [3.05, 3.63) is 35.4 Å². The highest BCUT2D eigenvalue weighted by Gasteiger charge is 2.24. The Bertz CT molecular complexity index is 521. The van der Waals surface area contributed by atoms with Gasteiger partial charge in [-0.3, -0.25) is 4.79 Å². The van der Waals surface area contributed by atoms with Crippen molar-refractivity contribution in [2.24, 2.45) is 0 Å². The van der Waals surface area contributed by atoms with Crippen LogP contribution in [0.5, 0.6) is 0 Å². The molecule has 1 aliphatic carbocycles. The zero-order chi connectivity index (χ0) is 15.4. The summed E-state index contributed by atoms with van der Waals surface area (Å²) in [5.74, 6) is 0.134. The van der Waals surface area contributed by atoms with Crippen LogP contribution in [-0.2, 0) is 17.8 Å². The number of fused-ring (bicyclic) bond motifs is 1. The first kappa shape index (κ1) is 21.2. The number of rotatable bonds is 5. The lowest BCUT2D eigenvalue weighted by molar-refractivity contribution is -0.123. The van der Waals surface area contributed by atoms with E-state index in [2.05, 4.69) is 46.8 Å². The molecule has 6 heteroatoms. The third kappa shape index (κ3) is 5.35. The van der Waals surface area contributed by atoms with Gasteiger partial charge in [-0.25, -0.2) is 0 Å². The zero-order valence-electron chi connectivity index (χ0n) is 14.3. The van der Waals surface area contributed by atoms with Crippen LogP contribution in [0.2, 0.25) is 0 Å². The van der Waals surface area contributed by atoms with Crippen LogP contribution in [0.4, 0.5) is 0 Å². The molecule has 0 radical (unpaired) electrons. The fourth-order valence-electron chi connectivity index (χ4n) is 3.65. The molecule has 3 rings (SSSR count). The fraction of sp³-hybridized carbons (Fsp3) is 0.611. The van der Waals surface area contributed by atoms with E-state index in [-0.39, 0.29) is 36.8 Å². The molecule has 136 valence electrons. The average Bonchev–Trinajstić information content (AvgIpc) is 3.08. The first-order valence-corrected chi connectivity index (χ1v) is 8.52. The molecule has 1 heterocycles. The SMILES string of the molecule is CN(CCNC(=O)C1Cc2ccccc2CN1)C1CCCC1.Cl.Cl. The van der Waals surface area contributed by atoms with Crippen molar-refractivity contribution < 1.29 is 4.79 Å². The Morgan fingerprint density at radius 2 is 1.88 bits per heavy atom. The molecule has 1 aromatic rings. The molecule has 0 saturated heterocycles. The minimum absolute atomic E-state index is 0. The summed E-state index contributed by atoms with van der Waals surface area (Å²) in [6, 6.07) is 9.00. The van der Waals surface area contributed by atoms with E-state index in [9.17, 15) is 4.79 Å². The molecule has 2 aliphatic rings. The second kappa shape index (κ2) is 10.2. The van der Waals surface area contributed by atoms with Gasteiger partial charge in [-0.05, 0) is 37.4 Å². The number of nitrogens with one attached hydrogen (secondary N) is 2. The smallest absolute Gasteiger partial charge is 0.237 e. The molecule has 1 saturated carbocycles. The summed E-state index contributed by atoms with van der Waals surface area (Å²) in [6.45, 7) is 2.47. The number of benzene rings is 1. The molecule has 1 fully saturated rings. The van der Waals surface area contributed by atoms with Crippen LogP contribution in [0.25, 0.3) is 0 Å². The Hall–Kier alpha value is -0.810. The number of nitrogens with zero attached hydrogens (tertiary/aromatic N) is 1. The standard InChI is InChI=1S/C18H27N3O.2ClH/c1-21(16-8-4-5-9-16)11-10-19-18(22)17-12-14-6-2-3-7-15(14)13-20-17;;/h2-3,6-7,16-17,20H,4-5,8-13H2,1H3,(H,19,22);2*1H. The predicted molar refractivity (Wildman–Crippen MR) is 103 cm³/mol. The summed E-state index contributed by atoms with van der Waals surface area (Å²) in [5.41, 5.74) is 2.61. The predicted octanol–water partition coefficient (Wildman–Crippen LogP) is 2.54. The van der Waals surface area contributed by atoms with Crippen LogP contribution < -0.4 is 10.6 Å².